The molecule has 0 atom stereocenters. The summed E-state index contributed by atoms with van der Waals surface area (Å²) >= 11 is 0. The molecule has 0 aliphatic rings. The summed E-state index contributed by atoms with van der Waals surface area (Å²) in [5.74, 6) is -1.84. The lowest BCUT2D eigenvalue weighted by molar-refractivity contribution is 0.464. The number of aromatic nitrogens is 1. The van der Waals surface area contributed by atoms with Crippen LogP contribution in [0.4, 0.5) is 14.5 Å². The number of nitrogens with one attached hydrogen (secondary N) is 1. The molecule has 0 radical (unpaired) electrons. The standard InChI is InChI=1S/C13H12F2N2O/c1-8-5-6-12(18)11(17-8)7-16-10-4-2-3-9(14)13(10)15/h2-6,16,18H,7H2,1H3. The predicted molar refractivity (Wildman–Crippen MR) is 64.3 cm³/mol. The van der Waals surface area contributed by atoms with Crippen LogP contribution in [-0.4, -0.2) is 10.1 Å². The van der Waals surface area contributed by atoms with Gasteiger partial charge >= 0.3 is 0 Å². The van der Waals surface area contributed by atoms with E-state index in [9.17, 15) is 13.9 Å². The summed E-state index contributed by atoms with van der Waals surface area (Å²) in [4.78, 5) is 4.11. The van der Waals surface area contributed by atoms with Crippen LogP contribution >= 0.6 is 0 Å². The van der Waals surface area contributed by atoms with Crippen LogP contribution in [0.15, 0.2) is 30.3 Å². The minimum Gasteiger partial charge on any atom is -0.506 e. The van der Waals surface area contributed by atoms with E-state index in [1.165, 1.54) is 18.2 Å². The molecule has 3 nitrogen and oxygen atoms in total. The molecule has 0 spiro atoms. The highest BCUT2D eigenvalue weighted by Gasteiger charge is 2.08. The fourth-order valence-corrected chi connectivity index (χ4v) is 1.55. The van der Waals surface area contributed by atoms with Crippen molar-refractivity contribution < 1.29 is 13.9 Å². The number of hydrogen-bond donors (Lipinski definition) is 2. The Bertz CT molecular complexity index is 571. The highest BCUT2D eigenvalue weighted by Crippen LogP contribution is 2.20. The highest BCUT2D eigenvalue weighted by atomic mass is 19.2. The molecule has 0 fully saturated rings. The summed E-state index contributed by atoms with van der Waals surface area (Å²) in [5, 5.41) is 12.3. The first-order valence-electron chi connectivity index (χ1n) is 5.41. The third kappa shape index (κ3) is 2.56. The van der Waals surface area contributed by atoms with Gasteiger partial charge in [0.1, 0.15) is 11.4 Å². The van der Waals surface area contributed by atoms with Gasteiger partial charge in [-0.2, -0.15) is 0 Å². The Morgan fingerprint density at radius 3 is 2.78 bits per heavy atom. The molecule has 2 N–H and O–H groups in total. The van der Waals surface area contributed by atoms with E-state index in [1.54, 1.807) is 13.0 Å². The second-order valence-electron chi connectivity index (χ2n) is 3.87. The van der Waals surface area contributed by atoms with E-state index in [4.69, 9.17) is 0 Å². The minimum absolute atomic E-state index is 0.0184. The smallest absolute Gasteiger partial charge is 0.181 e. The third-order valence-corrected chi connectivity index (χ3v) is 2.49. The average Bonchev–Trinajstić information content (AvgIpc) is 2.35. The van der Waals surface area contributed by atoms with Crippen molar-refractivity contribution >= 4 is 5.69 Å². The molecule has 0 saturated carbocycles. The van der Waals surface area contributed by atoms with Crippen LogP contribution in [0.25, 0.3) is 0 Å². The van der Waals surface area contributed by atoms with Crippen molar-refractivity contribution in [2.75, 3.05) is 5.32 Å². The number of aryl methyl sites for hydroxylation is 1. The van der Waals surface area contributed by atoms with Gasteiger partial charge in [0.2, 0.25) is 0 Å². The van der Waals surface area contributed by atoms with Crippen molar-refractivity contribution in [1.29, 1.82) is 0 Å². The summed E-state index contributed by atoms with van der Waals surface area (Å²) in [7, 11) is 0. The van der Waals surface area contributed by atoms with E-state index in [0.29, 0.717) is 5.69 Å². The maximum absolute atomic E-state index is 13.4. The van der Waals surface area contributed by atoms with Gasteiger partial charge in [0.05, 0.1) is 12.2 Å². The number of anilines is 1. The van der Waals surface area contributed by atoms with Crippen LogP contribution in [0.2, 0.25) is 0 Å². The van der Waals surface area contributed by atoms with Gasteiger partial charge in [0, 0.05) is 5.69 Å². The largest absolute Gasteiger partial charge is 0.506 e. The Labute approximate surface area is 103 Å². The van der Waals surface area contributed by atoms with E-state index < -0.39 is 11.6 Å². The number of pyridine rings is 1. The van der Waals surface area contributed by atoms with Crippen LogP contribution < -0.4 is 5.32 Å². The first kappa shape index (κ1) is 12.3. The molecule has 0 aliphatic heterocycles. The van der Waals surface area contributed by atoms with Crippen molar-refractivity contribution in [2.24, 2.45) is 0 Å². The molecule has 1 aromatic carbocycles. The monoisotopic (exact) mass is 250 g/mol. The molecule has 0 bridgehead atoms. The number of nitrogens with zero attached hydrogens (tertiary/aromatic N) is 1. The van der Waals surface area contributed by atoms with Crippen LogP contribution in [0.1, 0.15) is 11.4 Å². The molecule has 0 aliphatic carbocycles. The summed E-state index contributed by atoms with van der Waals surface area (Å²) in [6, 6.07) is 7.06. The first-order chi connectivity index (χ1) is 8.58. The molecule has 0 amide bonds. The van der Waals surface area contributed by atoms with Crippen molar-refractivity contribution in [3.63, 3.8) is 0 Å². The van der Waals surface area contributed by atoms with Gasteiger partial charge < -0.3 is 10.4 Å². The van der Waals surface area contributed by atoms with Crippen molar-refractivity contribution in [1.82, 2.24) is 4.98 Å². The van der Waals surface area contributed by atoms with Crippen molar-refractivity contribution in [2.45, 2.75) is 13.5 Å². The zero-order valence-corrected chi connectivity index (χ0v) is 9.74. The average molecular weight is 250 g/mol. The predicted octanol–water partition coefficient (Wildman–Crippen LogP) is 2.99. The second kappa shape index (κ2) is 5.00. The summed E-state index contributed by atoms with van der Waals surface area (Å²) in [5.41, 5.74) is 1.17. The van der Waals surface area contributed by atoms with Crippen LogP contribution in [0.3, 0.4) is 0 Å². The van der Waals surface area contributed by atoms with E-state index in [0.717, 1.165) is 11.8 Å². The Morgan fingerprint density at radius 1 is 1.22 bits per heavy atom. The zero-order chi connectivity index (χ0) is 13.1. The molecule has 2 aromatic rings. The number of benzene rings is 1. The lowest BCUT2D eigenvalue weighted by Crippen LogP contribution is -2.05. The van der Waals surface area contributed by atoms with Gasteiger partial charge in [0.15, 0.2) is 11.6 Å². The van der Waals surface area contributed by atoms with Crippen LogP contribution in [0, 0.1) is 18.6 Å². The quantitative estimate of drug-likeness (QED) is 0.880. The Balaban J connectivity index is 2.16. The number of hydrogen-bond acceptors (Lipinski definition) is 3. The summed E-state index contributed by atoms with van der Waals surface area (Å²) in [6.07, 6.45) is 0. The molecule has 2 rings (SSSR count). The van der Waals surface area contributed by atoms with E-state index >= 15 is 0 Å². The molecule has 0 saturated heterocycles. The van der Waals surface area contributed by atoms with E-state index in [-0.39, 0.29) is 18.0 Å². The van der Waals surface area contributed by atoms with Gasteiger partial charge in [0.25, 0.3) is 0 Å². The molecular weight excluding hydrogens is 238 g/mol. The highest BCUT2D eigenvalue weighted by molar-refractivity contribution is 5.46. The summed E-state index contributed by atoms with van der Waals surface area (Å²) < 4.78 is 26.3. The van der Waals surface area contributed by atoms with E-state index in [2.05, 4.69) is 10.3 Å². The molecular formula is C13H12F2N2O. The molecule has 0 unspecified atom stereocenters. The lowest BCUT2D eigenvalue weighted by atomic mass is 10.2. The van der Waals surface area contributed by atoms with Crippen LogP contribution in [0.5, 0.6) is 5.75 Å². The Hall–Kier alpha value is -2.17. The zero-order valence-electron chi connectivity index (χ0n) is 9.74. The normalized spacial score (nSPS) is 10.4. The fourth-order valence-electron chi connectivity index (χ4n) is 1.55. The van der Waals surface area contributed by atoms with Gasteiger partial charge in [-0.25, -0.2) is 8.78 Å². The molecule has 5 heteroatoms. The lowest BCUT2D eigenvalue weighted by Gasteiger charge is -2.09. The third-order valence-electron chi connectivity index (χ3n) is 2.49. The number of rotatable bonds is 3. The van der Waals surface area contributed by atoms with Gasteiger partial charge in [-0.15, -0.1) is 0 Å². The fraction of sp³-hybridized carbons (Fsp3) is 0.154. The second-order valence-corrected chi connectivity index (χ2v) is 3.87. The molecule has 1 aromatic heterocycles. The van der Waals surface area contributed by atoms with Crippen molar-refractivity contribution in [3.05, 3.63) is 53.4 Å². The molecule has 94 valence electrons. The SMILES string of the molecule is Cc1ccc(O)c(CNc2cccc(F)c2F)n1. The summed E-state index contributed by atoms with van der Waals surface area (Å²) in [6.45, 7) is 1.90. The maximum atomic E-state index is 13.4. The van der Waals surface area contributed by atoms with Gasteiger partial charge in [-0.05, 0) is 31.2 Å². The maximum Gasteiger partial charge on any atom is 0.181 e. The Morgan fingerprint density at radius 2 is 2.00 bits per heavy atom. The van der Waals surface area contributed by atoms with Gasteiger partial charge in [-0.3, -0.25) is 4.98 Å². The first-order valence-corrected chi connectivity index (χ1v) is 5.41. The number of aromatic hydroxyl groups is 1. The van der Waals surface area contributed by atoms with Crippen LogP contribution in [-0.2, 0) is 6.54 Å². The minimum atomic E-state index is -0.940. The number of halogens is 2. The van der Waals surface area contributed by atoms with Crippen molar-refractivity contribution in [3.8, 4) is 5.75 Å². The van der Waals surface area contributed by atoms with E-state index in [1.807, 2.05) is 0 Å². The molecule has 18 heavy (non-hydrogen) atoms. The molecule has 1 heterocycles. The van der Waals surface area contributed by atoms with Gasteiger partial charge in [-0.1, -0.05) is 6.07 Å². The topological polar surface area (TPSA) is 45.1 Å². The Kier molecular flexibility index (Phi) is 3.41.